The normalized spacial score (nSPS) is 14.2. The predicted molar refractivity (Wildman–Crippen MR) is 110 cm³/mol. The van der Waals surface area contributed by atoms with Gasteiger partial charge in [0.2, 0.25) is 0 Å². The fourth-order valence-corrected chi connectivity index (χ4v) is 4.66. The first-order valence-corrected chi connectivity index (χ1v) is 10.1. The molecule has 0 saturated carbocycles. The van der Waals surface area contributed by atoms with Crippen molar-refractivity contribution in [2.24, 2.45) is 0 Å². The minimum Gasteiger partial charge on any atom is -0.453 e. The third-order valence-corrected chi connectivity index (χ3v) is 6.06. The molecule has 1 atom stereocenters. The summed E-state index contributed by atoms with van der Waals surface area (Å²) in [4.78, 5) is 1.56. The zero-order chi connectivity index (χ0) is 18.9. The lowest BCUT2D eigenvalue weighted by Gasteiger charge is -2.14. The summed E-state index contributed by atoms with van der Waals surface area (Å²) in [7, 11) is -1.23. The average molecular weight is 384 g/mol. The lowest BCUT2D eigenvalue weighted by Crippen LogP contribution is -1.93. The van der Waals surface area contributed by atoms with Crippen molar-refractivity contribution in [1.82, 2.24) is 0 Å². The minimum absolute atomic E-state index is 0.537. The molecule has 0 N–H and O–H groups in total. The Kier molecular flexibility index (Phi) is 4.18. The number of ether oxygens (including phenoxy) is 2. The van der Waals surface area contributed by atoms with Crippen molar-refractivity contribution in [1.29, 1.82) is 0 Å². The molecule has 0 saturated heterocycles. The number of fused-ring (bicyclic) bond motifs is 3. The van der Waals surface area contributed by atoms with Crippen LogP contribution in [0.2, 0.25) is 0 Å². The maximum Gasteiger partial charge on any atom is 0.171 e. The predicted octanol–water partition coefficient (Wildman–Crippen LogP) is 6.42. The zero-order valence-corrected chi connectivity index (χ0v) is 15.7. The average Bonchev–Trinajstić information content (AvgIpc) is 3.02. The summed E-state index contributed by atoms with van der Waals surface area (Å²) in [5.41, 5.74) is 1.89. The molecular weight excluding hydrogens is 368 g/mol. The Bertz CT molecular complexity index is 1170. The Balaban J connectivity index is 1.64. The van der Waals surface area contributed by atoms with Crippen molar-refractivity contribution < 1.29 is 13.7 Å². The SMILES string of the molecule is O=S1c2ccccc2-c2cc(Oc3ccccc3)c(Oc3ccccc3)cc21. The highest BCUT2D eigenvalue weighted by molar-refractivity contribution is 7.85. The van der Waals surface area contributed by atoms with E-state index in [9.17, 15) is 4.21 Å². The van der Waals surface area contributed by atoms with Gasteiger partial charge >= 0.3 is 0 Å². The quantitative estimate of drug-likeness (QED) is 0.359. The van der Waals surface area contributed by atoms with Crippen molar-refractivity contribution in [3.05, 3.63) is 97.1 Å². The first kappa shape index (κ1) is 16.8. The van der Waals surface area contributed by atoms with E-state index in [0.717, 1.165) is 20.9 Å². The van der Waals surface area contributed by atoms with E-state index in [4.69, 9.17) is 9.47 Å². The largest absolute Gasteiger partial charge is 0.453 e. The monoisotopic (exact) mass is 384 g/mol. The van der Waals surface area contributed by atoms with E-state index in [1.165, 1.54) is 0 Å². The van der Waals surface area contributed by atoms with Gasteiger partial charge in [0.25, 0.3) is 0 Å². The van der Waals surface area contributed by atoms with Crippen molar-refractivity contribution in [3.63, 3.8) is 0 Å². The molecule has 0 aromatic heterocycles. The summed E-state index contributed by atoms with van der Waals surface area (Å²) >= 11 is 0. The van der Waals surface area contributed by atoms with Crippen LogP contribution in [0.5, 0.6) is 23.0 Å². The van der Waals surface area contributed by atoms with E-state index in [2.05, 4.69) is 0 Å². The highest BCUT2D eigenvalue weighted by Crippen LogP contribution is 2.47. The Morgan fingerprint density at radius 2 is 1.07 bits per heavy atom. The van der Waals surface area contributed by atoms with Crippen LogP contribution in [0.3, 0.4) is 0 Å². The van der Waals surface area contributed by atoms with Gasteiger partial charge in [0.05, 0.1) is 20.6 Å². The van der Waals surface area contributed by atoms with Crippen LogP contribution in [0.25, 0.3) is 11.1 Å². The smallest absolute Gasteiger partial charge is 0.171 e. The van der Waals surface area contributed by atoms with E-state index in [-0.39, 0.29) is 0 Å². The molecule has 5 rings (SSSR count). The maximum absolute atomic E-state index is 13.0. The summed E-state index contributed by atoms with van der Waals surface area (Å²) in [6, 6.07) is 30.6. The molecule has 0 spiro atoms. The molecule has 0 amide bonds. The summed E-state index contributed by atoms with van der Waals surface area (Å²) in [5.74, 6) is 2.53. The van der Waals surface area contributed by atoms with Crippen molar-refractivity contribution in [2.45, 2.75) is 9.79 Å². The van der Waals surface area contributed by atoms with Gasteiger partial charge in [-0.1, -0.05) is 54.6 Å². The number of hydrogen-bond donors (Lipinski definition) is 0. The molecule has 4 aromatic carbocycles. The fraction of sp³-hybridized carbons (Fsp3) is 0. The Labute approximate surface area is 165 Å². The van der Waals surface area contributed by atoms with Crippen LogP contribution in [-0.2, 0) is 10.8 Å². The number of hydrogen-bond acceptors (Lipinski definition) is 3. The van der Waals surface area contributed by atoms with Crippen LogP contribution in [0.4, 0.5) is 0 Å². The molecular formula is C24H16O3S. The second-order valence-corrected chi connectivity index (χ2v) is 7.81. The maximum atomic E-state index is 13.0. The number of rotatable bonds is 4. The second kappa shape index (κ2) is 6.98. The Morgan fingerprint density at radius 3 is 1.71 bits per heavy atom. The van der Waals surface area contributed by atoms with Gasteiger partial charge in [0.1, 0.15) is 11.5 Å². The molecule has 0 aliphatic carbocycles. The van der Waals surface area contributed by atoms with E-state index in [1.807, 2.05) is 97.1 Å². The van der Waals surface area contributed by atoms with Gasteiger partial charge in [0, 0.05) is 11.6 Å². The molecule has 0 fully saturated rings. The first-order valence-electron chi connectivity index (χ1n) is 8.94. The number of para-hydroxylation sites is 2. The van der Waals surface area contributed by atoms with Gasteiger partial charge in [-0.05, 0) is 42.0 Å². The van der Waals surface area contributed by atoms with Crippen LogP contribution in [0.1, 0.15) is 0 Å². The zero-order valence-electron chi connectivity index (χ0n) is 14.9. The standard InChI is InChI=1S/C24H16O3S/c25-28-23-14-8-7-13-19(23)20-15-21(26-17-9-3-1-4-10-17)22(16-24(20)28)27-18-11-5-2-6-12-18/h1-16H. The van der Waals surface area contributed by atoms with E-state index >= 15 is 0 Å². The van der Waals surface area contributed by atoms with Crippen molar-refractivity contribution in [3.8, 4) is 34.1 Å². The van der Waals surface area contributed by atoms with Gasteiger partial charge in [-0.25, -0.2) is 4.21 Å². The van der Waals surface area contributed by atoms with Crippen LogP contribution >= 0.6 is 0 Å². The Hall–Kier alpha value is -3.37. The van der Waals surface area contributed by atoms with Crippen LogP contribution in [0.15, 0.2) is 107 Å². The molecule has 136 valence electrons. The molecule has 0 radical (unpaired) electrons. The first-order chi connectivity index (χ1) is 13.8. The topological polar surface area (TPSA) is 35.5 Å². The molecule has 1 unspecified atom stereocenters. The summed E-state index contributed by atoms with van der Waals surface area (Å²) < 4.78 is 25.2. The second-order valence-electron chi connectivity index (χ2n) is 6.39. The van der Waals surface area contributed by atoms with Gasteiger partial charge in [-0.3, -0.25) is 0 Å². The Morgan fingerprint density at radius 1 is 0.536 bits per heavy atom. The summed E-state index contributed by atoms with van der Waals surface area (Å²) in [6.45, 7) is 0. The van der Waals surface area contributed by atoms with Gasteiger partial charge in [-0.15, -0.1) is 0 Å². The molecule has 1 aliphatic rings. The molecule has 1 heterocycles. The highest BCUT2D eigenvalue weighted by Gasteiger charge is 2.28. The molecule has 4 heteroatoms. The highest BCUT2D eigenvalue weighted by atomic mass is 32.2. The van der Waals surface area contributed by atoms with Crippen molar-refractivity contribution >= 4 is 10.8 Å². The molecule has 0 bridgehead atoms. The van der Waals surface area contributed by atoms with Crippen LogP contribution in [-0.4, -0.2) is 4.21 Å². The van der Waals surface area contributed by atoms with Crippen LogP contribution in [0, 0.1) is 0 Å². The lowest BCUT2D eigenvalue weighted by molar-refractivity contribution is 0.418. The third kappa shape index (κ3) is 2.98. The summed E-state index contributed by atoms with van der Waals surface area (Å²) in [6.07, 6.45) is 0. The van der Waals surface area contributed by atoms with Gasteiger partial charge in [0.15, 0.2) is 11.5 Å². The summed E-state index contributed by atoms with van der Waals surface area (Å²) in [5, 5.41) is 0. The molecule has 3 nitrogen and oxygen atoms in total. The third-order valence-electron chi connectivity index (χ3n) is 4.56. The minimum atomic E-state index is -1.23. The van der Waals surface area contributed by atoms with Gasteiger partial charge < -0.3 is 9.47 Å². The molecule has 28 heavy (non-hydrogen) atoms. The molecule has 1 aliphatic heterocycles. The van der Waals surface area contributed by atoms with E-state index in [1.54, 1.807) is 0 Å². The van der Waals surface area contributed by atoms with E-state index < -0.39 is 10.8 Å². The molecule has 4 aromatic rings. The van der Waals surface area contributed by atoms with E-state index in [0.29, 0.717) is 23.0 Å². The van der Waals surface area contributed by atoms with Crippen molar-refractivity contribution in [2.75, 3.05) is 0 Å². The number of benzene rings is 4. The van der Waals surface area contributed by atoms with Gasteiger partial charge in [-0.2, -0.15) is 0 Å². The van der Waals surface area contributed by atoms with Crippen LogP contribution < -0.4 is 9.47 Å². The fourth-order valence-electron chi connectivity index (χ4n) is 3.26. The lowest BCUT2D eigenvalue weighted by atomic mass is 10.1.